The fraction of sp³-hybridized carbons (Fsp3) is 0.440. The minimum atomic E-state index is -3.82. The normalized spacial score (nSPS) is 12.1. The highest BCUT2D eigenvalue weighted by Crippen LogP contribution is 2.22. The zero-order valence-corrected chi connectivity index (χ0v) is 21.8. The number of halogens is 2. The largest absolute Gasteiger partial charge is 0.497 e. The highest BCUT2D eigenvalue weighted by Gasteiger charge is 2.28. The number of benzene rings is 2. The number of amides is 2. The van der Waals surface area contributed by atoms with E-state index in [-0.39, 0.29) is 43.4 Å². The molecule has 0 fully saturated rings. The van der Waals surface area contributed by atoms with Crippen molar-refractivity contribution in [1.29, 1.82) is 0 Å². The Kier molecular flexibility index (Phi) is 10.6. The molecule has 11 heteroatoms. The summed E-state index contributed by atoms with van der Waals surface area (Å²) in [4.78, 5) is 27.5. The molecule has 36 heavy (non-hydrogen) atoms. The van der Waals surface area contributed by atoms with Gasteiger partial charge in [-0.2, -0.15) is 0 Å². The van der Waals surface area contributed by atoms with Gasteiger partial charge in [0.25, 0.3) is 0 Å². The van der Waals surface area contributed by atoms with Gasteiger partial charge >= 0.3 is 0 Å². The number of anilines is 1. The van der Waals surface area contributed by atoms with E-state index < -0.39 is 27.7 Å². The molecule has 0 aliphatic heterocycles. The van der Waals surface area contributed by atoms with Gasteiger partial charge in [-0.25, -0.2) is 17.2 Å². The highest BCUT2D eigenvalue weighted by atomic mass is 32.2. The van der Waals surface area contributed by atoms with E-state index in [0.717, 1.165) is 28.3 Å². The van der Waals surface area contributed by atoms with E-state index in [4.69, 9.17) is 4.74 Å². The van der Waals surface area contributed by atoms with E-state index in [9.17, 15) is 26.8 Å². The molecule has 2 aromatic carbocycles. The number of nitrogens with zero attached hydrogens (tertiary/aromatic N) is 2. The zero-order valence-electron chi connectivity index (χ0n) is 21.0. The Balaban J connectivity index is 2.21. The predicted octanol–water partition coefficient (Wildman–Crippen LogP) is 3.46. The SMILES string of the molecule is CCNC(=O)C(CC)N(Cc1ccc(OC)cc1)C(=O)CCCN(c1ccc(F)c(F)c1)S(C)(=O)=O. The summed E-state index contributed by atoms with van der Waals surface area (Å²) in [5.41, 5.74) is 0.763. The Morgan fingerprint density at radius 1 is 1.06 bits per heavy atom. The number of rotatable bonds is 13. The number of sulfonamides is 1. The van der Waals surface area contributed by atoms with E-state index in [1.807, 2.05) is 6.92 Å². The van der Waals surface area contributed by atoms with Crippen molar-refractivity contribution in [3.05, 3.63) is 59.7 Å². The lowest BCUT2D eigenvalue weighted by Gasteiger charge is -2.31. The Hall–Kier alpha value is -3.21. The number of carbonyl (C=O) groups excluding carboxylic acids is 2. The molecule has 0 aliphatic rings. The lowest BCUT2D eigenvalue weighted by Crippen LogP contribution is -2.49. The summed E-state index contributed by atoms with van der Waals surface area (Å²) in [6, 6.07) is 9.24. The second-order valence-electron chi connectivity index (χ2n) is 8.23. The maximum atomic E-state index is 13.7. The molecule has 1 N–H and O–H groups in total. The number of hydrogen-bond acceptors (Lipinski definition) is 5. The molecular weight excluding hydrogens is 492 g/mol. The van der Waals surface area contributed by atoms with E-state index in [1.165, 1.54) is 11.0 Å². The Morgan fingerprint density at radius 3 is 2.25 bits per heavy atom. The van der Waals surface area contributed by atoms with Crippen LogP contribution >= 0.6 is 0 Å². The maximum Gasteiger partial charge on any atom is 0.242 e. The van der Waals surface area contributed by atoms with Crippen LogP contribution in [0.5, 0.6) is 5.75 Å². The van der Waals surface area contributed by atoms with Crippen LogP contribution < -0.4 is 14.4 Å². The standard InChI is InChI=1S/C25H33F2N3O5S/c1-5-23(25(32)28-6-2)29(17-18-9-12-20(35-3)13-10-18)24(31)8-7-15-30(36(4,33)34)19-11-14-21(26)22(27)16-19/h9-14,16,23H,5-8,15,17H2,1-4H3,(H,28,32). The van der Waals surface area contributed by atoms with Gasteiger partial charge in [0, 0.05) is 32.1 Å². The number of methoxy groups -OCH3 is 1. The van der Waals surface area contributed by atoms with Crippen molar-refractivity contribution >= 4 is 27.5 Å². The number of likely N-dealkylation sites (N-methyl/N-ethyl adjacent to an activating group) is 1. The molecule has 0 bridgehead atoms. The number of hydrogen-bond donors (Lipinski definition) is 1. The average Bonchev–Trinajstić information content (AvgIpc) is 2.83. The van der Waals surface area contributed by atoms with Crippen LogP contribution in [0, 0.1) is 11.6 Å². The summed E-state index contributed by atoms with van der Waals surface area (Å²) in [5.74, 6) is -2.21. The molecule has 0 aromatic heterocycles. The molecule has 1 unspecified atom stereocenters. The monoisotopic (exact) mass is 525 g/mol. The van der Waals surface area contributed by atoms with Crippen molar-refractivity contribution in [2.45, 2.75) is 45.7 Å². The quantitative estimate of drug-likeness (QED) is 0.432. The molecule has 2 rings (SSSR count). The van der Waals surface area contributed by atoms with E-state index in [1.54, 1.807) is 38.3 Å². The maximum absolute atomic E-state index is 13.7. The van der Waals surface area contributed by atoms with Gasteiger partial charge in [-0.3, -0.25) is 13.9 Å². The first-order chi connectivity index (χ1) is 17.0. The average molecular weight is 526 g/mol. The first-order valence-electron chi connectivity index (χ1n) is 11.6. The molecule has 0 radical (unpaired) electrons. The van der Waals surface area contributed by atoms with Gasteiger partial charge in [-0.05, 0) is 49.6 Å². The third-order valence-corrected chi connectivity index (χ3v) is 6.79. The Labute approximate surface area is 211 Å². The smallest absolute Gasteiger partial charge is 0.242 e. The molecule has 198 valence electrons. The Bertz CT molecular complexity index is 1140. The van der Waals surface area contributed by atoms with Crippen LogP contribution in [0.1, 0.15) is 38.7 Å². The van der Waals surface area contributed by atoms with Gasteiger partial charge in [0.2, 0.25) is 21.8 Å². The second-order valence-corrected chi connectivity index (χ2v) is 10.1. The highest BCUT2D eigenvalue weighted by molar-refractivity contribution is 7.92. The number of ether oxygens (including phenoxy) is 1. The molecule has 0 spiro atoms. The zero-order chi connectivity index (χ0) is 26.9. The van der Waals surface area contributed by atoms with Crippen LogP contribution in [0.4, 0.5) is 14.5 Å². The topological polar surface area (TPSA) is 96.0 Å². The van der Waals surface area contributed by atoms with E-state index in [0.29, 0.717) is 18.7 Å². The third kappa shape index (κ3) is 7.91. The van der Waals surface area contributed by atoms with Crippen molar-refractivity contribution in [1.82, 2.24) is 10.2 Å². The fourth-order valence-electron chi connectivity index (χ4n) is 3.78. The minimum absolute atomic E-state index is 0.0345. The van der Waals surface area contributed by atoms with Crippen molar-refractivity contribution in [2.24, 2.45) is 0 Å². The molecule has 1 atom stereocenters. The molecule has 0 saturated carbocycles. The molecule has 0 saturated heterocycles. The number of nitrogens with one attached hydrogen (secondary N) is 1. The lowest BCUT2D eigenvalue weighted by atomic mass is 10.1. The van der Waals surface area contributed by atoms with Crippen LogP contribution in [0.3, 0.4) is 0 Å². The van der Waals surface area contributed by atoms with Gasteiger partial charge in [-0.15, -0.1) is 0 Å². The fourth-order valence-corrected chi connectivity index (χ4v) is 4.74. The van der Waals surface area contributed by atoms with Crippen molar-refractivity contribution in [3.63, 3.8) is 0 Å². The summed E-state index contributed by atoms with van der Waals surface area (Å²) in [6.45, 7) is 4.07. The summed E-state index contributed by atoms with van der Waals surface area (Å²) in [6.07, 6.45) is 1.39. The van der Waals surface area contributed by atoms with Crippen LogP contribution in [-0.2, 0) is 26.2 Å². The molecule has 2 amide bonds. The molecule has 0 heterocycles. The van der Waals surface area contributed by atoms with Crippen LogP contribution in [0.25, 0.3) is 0 Å². The van der Waals surface area contributed by atoms with Crippen molar-refractivity contribution in [3.8, 4) is 5.75 Å². The van der Waals surface area contributed by atoms with Gasteiger partial charge < -0.3 is 15.0 Å². The summed E-state index contributed by atoms with van der Waals surface area (Å²) in [5, 5.41) is 2.75. The van der Waals surface area contributed by atoms with Crippen LogP contribution in [-0.4, -0.2) is 57.6 Å². The first-order valence-corrected chi connectivity index (χ1v) is 13.5. The lowest BCUT2D eigenvalue weighted by molar-refractivity contribution is -0.141. The third-order valence-electron chi connectivity index (χ3n) is 5.59. The number of carbonyl (C=O) groups is 2. The van der Waals surface area contributed by atoms with Gasteiger partial charge in [0.05, 0.1) is 19.1 Å². The summed E-state index contributed by atoms with van der Waals surface area (Å²) >= 11 is 0. The molecule has 2 aromatic rings. The van der Waals surface area contributed by atoms with Crippen molar-refractivity contribution in [2.75, 3.05) is 30.8 Å². The van der Waals surface area contributed by atoms with Crippen LogP contribution in [0.2, 0.25) is 0 Å². The minimum Gasteiger partial charge on any atom is -0.497 e. The van der Waals surface area contributed by atoms with E-state index >= 15 is 0 Å². The molecule has 8 nitrogen and oxygen atoms in total. The summed E-state index contributed by atoms with van der Waals surface area (Å²) in [7, 11) is -2.27. The molecular formula is C25H33F2N3O5S. The Morgan fingerprint density at radius 2 is 1.72 bits per heavy atom. The van der Waals surface area contributed by atoms with Crippen molar-refractivity contribution < 1.29 is 31.5 Å². The summed E-state index contributed by atoms with van der Waals surface area (Å²) < 4.78 is 57.7. The van der Waals surface area contributed by atoms with E-state index in [2.05, 4.69) is 5.32 Å². The second kappa shape index (κ2) is 13.2. The van der Waals surface area contributed by atoms with Crippen LogP contribution in [0.15, 0.2) is 42.5 Å². The van der Waals surface area contributed by atoms with Gasteiger partial charge in [-0.1, -0.05) is 19.1 Å². The first kappa shape index (κ1) is 29.0. The van der Waals surface area contributed by atoms with Gasteiger partial charge in [0.1, 0.15) is 11.8 Å². The van der Waals surface area contributed by atoms with Gasteiger partial charge in [0.15, 0.2) is 11.6 Å². The molecule has 0 aliphatic carbocycles. The predicted molar refractivity (Wildman–Crippen MR) is 134 cm³/mol.